The Labute approximate surface area is 60.0 Å². The van der Waals surface area contributed by atoms with Gasteiger partial charge in [-0.25, -0.2) is 0 Å². The maximum atomic E-state index is 8.78. The van der Waals surface area contributed by atoms with Crippen LogP contribution in [-0.2, 0) is 41.6 Å². The topological polar surface area (TPSA) is 57.2 Å². The Balaban J connectivity index is -0.0000000480. The van der Waals surface area contributed by atoms with Gasteiger partial charge in [0, 0.05) is 0 Å². The summed E-state index contributed by atoms with van der Waals surface area (Å²) in [7, 11) is 0. The Morgan fingerprint density at radius 3 is 1.57 bits per heavy atom. The molecule has 0 saturated carbocycles. The van der Waals surface area contributed by atoms with E-state index in [4.69, 9.17) is 13.7 Å². The fraction of sp³-hybridized carbons (Fsp3) is 0. The molecule has 0 bridgehead atoms. The van der Waals surface area contributed by atoms with E-state index in [1.807, 2.05) is 0 Å². The fourth-order valence-corrected chi connectivity index (χ4v) is 0. The number of rotatable bonds is 0. The third-order valence-corrected chi connectivity index (χ3v) is 0. The van der Waals surface area contributed by atoms with Crippen molar-refractivity contribution in [1.29, 1.82) is 0 Å². The van der Waals surface area contributed by atoms with Crippen LogP contribution >= 0.6 is 0 Å². The summed E-state index contributed by atoms with van der Waals surface area (Å²) >= 11 is 2.94. The molecule has 0 aliphatic carbocycles. The van der Waals surface area contributed by atoms with Gasteiger partial charge >= 0.3 is 36.8 Å². The van der Waals surface area contributed by atoms with E-state index in [9.17, 15) is 0 Å². The summed E-state index contributed by atoms with van der Waals surface area (Å²) in [5, 5.41) is 8.78. The van der Waals surface area contributed by atoms with Crippen molar-refractivity contribution in [2.75, 3.05) is 0 Å². The number of carbonyl (C=O) groups excluding carboxylic acids is 1. The van der Waals surface area contributed by atoms with Gasteiger partial charge in [0.05, 0.1) is 0 Å². The Kier molecular flexibility index (Phi) is 36.8. The average molecular weight is 201 g/mol. The first-order valence-corrected chi connectivity index (χ1v) is 1.27. The molecule has 3 nitrogen and oxygen atoms in total. The van der Waals surface area contributed by atoms with E-state index in [0.717, 1.165) is 0 Å². The molecule has 0 aliphatic heterocycles. The molecule has 0 radical (unpaired) electrons. The molecule has 0 spiro atoms. The van der Waals surface area contributed by atoms with Crippen molar-refractivity contribution in [1.82, 2.24) is 0 Å². The number of carbonyl (C=O) groups is 1. The van der Waals surface area contributed by atoms with Crippen LogP contribution < -0.4 is 5.11 Å². The second-order valence-corrected chi connectivity index (χ2v) is 0.372. The van der Waals surface area contributed by atoms with Gasteiger partial charge < -0.3 is 16.8 Å². The van der Waals surface area contributed by atoms with Crippen molar-refractivity contribution >= 4 is 5.97 Å². The van der Waals surface area contributed by atoms with Crippen LogP contribution in [0.2, 0.25) is 0 Å². The predicted molar refractivity (Wildman–Crippen MR) is 11.1 cm³/mol. The molecule has 5 heteroatoms. The molecule has 0 aromatic carbocycles. The Hall–Kier alpha value is 0.179. The molecule has 0 aliphatic rings. The zero-order valence-corrected chi connectivity index (χ0v) is 4.92. The Morgan fingerprint density at radius 2 is 1.57 bits per heavy atom. The van der Waals surface area contributed by atoms with Crippen LogP contribution in [0.4, 0.5) is 0 Å². The molecular formula is C2H2Cu2O3-. The minimum absolute atomic E-state index is 0. The van der Waals surface area contributed by atoms with Gasteiger partial charge in [-0.3, -0.25) is 0 Å². The normalized spacial score (nSPS) is 4.29. The number of carboxylic acid groups (broad SMARTS) is 1. The van der Waals surface area contributed by atoms with E-state index in [2.05, 4.69) is 22.9 Å². The zero-order valence-electron chi connectivity index (χ0n) is 3.03. The van der Waals surface area contributed by atoms with Crippen molar-refractivity contribution in [3.05, 3.63) is 6.92 Å². The van der Waals surface area contributed by atoms with E-state index < -0.39 is 5.97 Å². The quantitative estimate of drug-likeness (QED) is 0.352. The molecule has 0 N–H and O–H groups in total. The van der Waals surface area contributed by atoms with Crippen molar-refractivity contribution in [3.8, 4) is 0 Å². The predicted octanol–water partition coefficient (Wildman–Crippen LogP) is -1.55. The van der Waals surface area contributed by atoms with Gasteiger partial charge in [0.1, 0.15) is 0 Å². The summed E-state index contributed by atoms with van der Waals surface area (Å²) in [6.07, 6.45) is 0. The minimum atomic E-state index is -1.33. The molecule has 0 fully saturated rings. The molecule has 0 saturated heterocycles. The third-order valence-electron chi connectivity index (χ3n) is 0. The van der Waals surface area contributed by atoms with Gasteiger partial charge in [-0.15, -0.1) is 5.97 Å². The van der Waals surface area contributed by atoms with Gasteiger partial charge in [0.2, 0.25) is 0 Å². The van der Waals surface area contributed by atoms with E-state index in [1.54, 1.807) is 0 Å². The van der Waals surface area contributed by atoms with Crippen LogP contribution in [-0.4, -0.2) is 5.97 Å². The number of aliphatic carboxylic acids is 1. The standard InChI is InChI=1S/C2H3O2.2Cu.O/c1-2(3)4;;;/h1H2,(H,3,4);;;/q-1;;+1;/p-1. The van der Waals surface area contributed by atoms with Gasteiger partial charge in [-0.05, 0) is 0 Å². The van der Waals surface area contributed by atoms with Gasteiger partial charge in [-0.1, -0.05) is 0 Å². The second-order valence-electron chi connectivity index (χ2n) is 0.372. The van der Waals surface area contributed by atoms with Gasteiger partial charge in [0.25, 0.3) is 0 Å². The van der Waals surface area contributed by atoms with Crippen LogP contribution in [0, 0.1) is 6.92 Å². The SMILES string of the molecule is [CH2-]C(=O)[O-].[Cu+].[O]=[Cu]. The summed E-state index contributed by atoms with van der Waals surface area (Å²) in [5.74, 6) is -1.33. The van der Waals surface area contributed by atoms with Gasteiger partial charge in [-0.2, -0.15) is 0 Å². The van der Waals surface area contributed by atoms with E-state index in [-0.39, 0.29) is 17.1 Å². The zero-order chi connectivity index (χ0) is 5.58. The molecule has 0 aromatic heterocycles. The van der Waals surface area contributed by atoms with Crippen LogP contribution in [0.1, 0.15) is 0 Å². The van der Waals surface area contributed by atoms with Crippen LogP contribution in [0.25, 0.3) is 0 Å². The second kappa shape index (κ2) is 16.4. The van der Waals surface area contributed by atoms with Crippen LogP contribution in [0.15, 0.2) is 0 Å². The van der Waals surface area contributed by atoms with Crippen molar-refractivity contribution in [2.24, 2.45) is 0 Å². The number of carboxylic acids is 1. The first-order valence-electron chi connectivity index (χ1n) is 0.885. The Bertz CT molecular complexity index is 42.2. The number of hydrogen-bond donors (Lipinski definition) is 0. The molecule has 7 heavy (non-hydrogen) atoms. The first-order chi connectivity index (χ1) is 2.73. The Morgan fingerprint density at radius 1 is 1.57 bits per heavy atom. The monoisotopic (exact) mass is 200 g/mol. The summed E-state index contributed by atoms with van der Waals surface area (Å²) in [6.45, 7) is 2.44. The molecule has 0 rings (SSSR count). The fourth-order valence-electron chi connectivity index (χ4n) is 0. The molecule has 0 amide bonds. The molecule has 0 unspecified atom stereocenters. The van der Waals surface area contributed by atoms with Crippen molar-refractivity contribution < 1.29 is 46.7 Å². The molecular weight excluding hydrogens is 199 g/mol. The first kappa shape index (κ1) is 15.7. The van der Waals surface area contributed by atoms with Crippen LogP contribution in [0.3, 0.4) is 0 Å². The average Bonchev–Trinajstić information content (AvgIpc) is 1.41. The third kappa shape index (κ3) is 3370. The summed E-state index contributed by atoms with van der Waals surface area (Å²) in [4.78, 5) is 8.78. The molecule has 0 aromatic rings. The maximum absolute atomic E-state index is 8.78. The van der Waals surface area contributed by atoms with Crippen LogP contribution in [0.5, 0.6) is 0 Å². The van der Waals surface area contributed by atoms with Gasteiger partial charge in [0.15, 0.2) is 0 Å². The molecule has 0 atom stereocenters. The van der Waals surface area contributed by atoms with E-state index in [1.165, 1.54) is 0 Å². The molecule has 51 valence electrons. The summed E-state index contributed by atoms with van der Waals surface area (Å²) in [6, 6.07) is 0. The summed E-state index contributed by atoms with van der Waals surface area (Å²) < 4.78 is 7.81. The van der Waals surface area contributed by atoms with E-state index in [0.29, 0.717) is 0 Å². The van der Waals surface area contributed by atoms with Crippen molar-refractivity contribution in [2.45, 2.75) is 0 Å². The van der Waals surface area contributed by atoms with Crippen molar-refractivity contribution in [3.63, 3.8) is 0 Å². The van der Waals surface area contributed by atoms with E-state index >= 15 is 0 Å². The number of hydrogen-bond acceptors (Lipinski definition) is 3. The molecule has 0 heterocycles. The summed E-state index contributed by atoms with van der Waals surface area (Å²) in [5.41, 5.74) is 0.